The standard InChI is InChI=1S/C13H25N3O4/c1-3-5-7-16(8-6-4-2)12(19)10(9-11(17)18)15-13(14)20/h10H,3-9H2,1-2H3,(H,17,18)(H3,14,15,20). The molecule has 0 radical (unpaired) electrons. The van der Waals surface area contributed by atoms with E-state index in [1.54, 1.807) is 4.90 Å². The third kappa shape index (κ3) is 7.60. The fraction of sp³-hybridized carbons (Fsp3) is 0.769. The number of aliphatic carboxylic acids is 1. The first kappa shape index (κ1) is 18.2. The number of carboxylic acid groups (broad SMARTS) is 1. The van der Waals surface area contributed by atoms with Gasteiger partial charge in [0.1, 0.15) is 6.04 Å². The van der Waals surface area contributed by atoms with E-state index in [1.807, 2.05) is 13.8 Å². The predicted octanol–water partition coefficient (Wildman–Crippen LogP) is 0.927. The monoisotopic (exact) mass is 287 g/mol. The third-order valence-electron chi connectivity index (χ3n) is 2.87. The van der Waals surface area contributed by atoms with Crippen molar-refractivity contribution in [3.8, 4) is 0 Å². The first-order valence-electron chi connectivity index (χ1n) is 6.98. The smallest absolute Gasteiger partial charge is 0.312 e. The molecular formula is C13H25N3O4. The molecule has 0 aliphatic rings. The van der Waals surface area contributed by atoms with Crippen molar-refractivity contribution in [1.29, 1.82) is 0 Å². The van der Waals surface area contributed by atoms with Crippen LogP contribution in [-0.4, -0.2) is 47.0 Å². The van der Waals surface area contributed by atoms with Gasteiger partial charge in [-0.05, 0) is 12.8 Å². The van der Waals surface area contributed by atoms with E-state index in [2.05, 4.69) is 5.32 Å². The molecule has 7 heteroatoms. The lowest BCUT2D eigenvalue weighted by Gasteiger charge is -2.27. The number of hydrogen-bond donors (Lipinski definition) is 3. The number of primary amides is 1. The van der Waals surface area contributed by atoms with E-state index in [4.69, 9.17) is 10.8 Å². The molecule has 0 heterocycles. The van der Waals surface area contributed by atoms with E-state index in [-0.39, 0.29) is 5.91 Å². The van der Waals surface area contributed by atoms with Gasteiger partial charge in [-0.2, -0.15) is 0 Å². The minimum absolute atomic E-state index is 0.381. The van der Waals surface area contributed by atoms with Crippen LogP contribution in [0.3, 0.4) is 0 Å². The van der Waals surface area contributed by atoms with Crippen LogP contribution in [-0.2, 0) is 9.59 Å². The van der Waals surface area contributed by atoms with Crippen LogP contribution in [0, 0.1) is 0 Å². The lowest BCUT2D eigenvalue weighted by atomic mass is 10.1. The molecule has 3 amide bonds. The number of nitrogens with two attached hydrogens (primary N) is 1. The molecule has 0 saturated carbocycles. The van der Waals surface area contributed by atoms with Crippen LogP contribution in [0.15, 0.2) is 0 Å². The molecule has 0 aliphatic carbocycles. The van der Waals surface area contributed by atoms with Crippen LogP contribution in [0.25, 0.3) is 0 Å². The Morgan fingerprint density at radius 2 is 1.65 bits per heavy atom. The number of nitrogens with zero attached hydrogens (tertiary/aromatic N) is 1. The van der Waals surface area contributed by atoms with E-state index in [1.165, 1.54) is 0 Å². The Labute approximate surface area is 119 Å². The SMILES string of the molecule is CCCCN(CCCC)C(=O)C(CC(=O)O)NC(N)=O. The summed E-state index contributed by atoms with van der Waals surface area (Å²) in [5.74, 6) is -1.53. The molecule has 0 aromatic carbocycles. The number of carbonyl (C=O) groups excluding carboxylic acids is 2. The third-order valence-corrected chi connectivity index (χ3v) is 2.87. The predicted molar refractivity (Wildman–Crippen MR) is 75.2 cm³/mol. The molecule has 0 rings (SSSR count). The molecule has 0 aliphatic heterocycles. The van der Waals surface area contributed by atoms with Crippen LogP contribution in [0.5, 0.6) is 0 Å². The largest absolute Gasteiger partial charge is 0.481 e. The molecule has 1 unspecified atom stereocenters. The van der Waals surface area contributed by atoms with Gasteiger partial charge in [0.05, 0.1) is 6.42 Å². The van der Waals surface area contributed by atoms with Crippen molar-refractivity contribution in [2.24, 2.45) is 5.73 Å². The van der Waals surface area contributed by atoms with Gasteiger partial charge in [0.15, 0.2) is 0 Å². The summed E-state index contributed by atoms with van der Waals surface area (Å²) < 4.78 is 0. The molecule has 0 bridgehead atoms. The fourth-order valence-electron chi connectivity index (χ4n) is 1.80. The Hall–Kier alpha value is -1.79. The normalized spacial score (nSPS) is 11.7. The molecule has 0 saturated heterocycles. The zero-order valence-corrected chi connectivity index (χ0v) is 12.2. The van der Waals surface area contributed by atoms with Gasteiger partial charge >= 0.3 is 12.0 Å². The van der Waals surface area contributed by atoms with Crippen molar-refractivity contribution in [1.82, 2.24) is 10.2 Å². The van der Waals surface area contributed by atoms with Gasteiger partial charge in [0, 0.05) is 13.1 Å². The molecule has 7 nitrogen and oxygen atoms in total. The van der Waals surface area contributed by atoms with Gasteiger partial charge in [0.25, 0.3) is 0 Å². The van der Waals surface area contributed by atoms with Crippen molar-refractivity contribution in [2.75, 3.05) is 13.1 Å². The van der Waals surface area contributed by atoms with Crippen LogP contribution in [0.4, 0.5) is 4.79 Å². The molecule has 0 fully saturated rings. The Bertz CT molecular complexity index is 310. The number of carbonyl (C=O) groups is 3. The molecular weight excluding hydrogens is 262 g/mol. The quantitative estimate of drug-likeness (QED) is 0.554. The van der Waals surface area contributed by atoms with Gasteiger partial charge in [-0.25, -0.2) is 4.79 Å². The van der Waals surface area contributed by atoms with E-state index in [0.717, 1.165) is 25.7 Å². The van der Waals surface area contributed by atoms with Gasteiger partial charge < -0.3 is 21.1 Å². The number of rotatable bonds is 10. The fourth-order valence-corrected chi connectivity index (χ4v) is 1.80. The molecule has 20 heavy (non-hydrogen) atoms. The summed E-state index contributed by atoms with van der Waals surface area (Å²) in [5, 5.41) is 11.0. The summed E-state index contributed by atoms with van der Waals surface area (Å²) >= 11 is 0. The summed E-state index contributed by atoms with van der Waals surface area (Å²) in [5.41, 5.74) is 4.99. The lowest BCUT2D eigenvalue weighted by molar-refractivity contribution is -0.142. The number of amides is 3. The summed E-state index contributed by atoms with van der Waals surface area (Å²) in [4.78, 5) is 35.6. The van der Waals surface area contributed by atoms with E-state index >= 15 is 0 Å². The highest BCUT2D eigenvalue weighted by atomic mass is 16.4. The topological polar surface area (TPSA) is 113 Å². The number of unbranched alkanes of at least 4 members (excludes halogenated alkanes) is 2. The van der Waals surface area contributed by atoms with Crippen molar-refractivity contribution >= 4 is 17.9 Å². The first-order valence-corrected chi connectivity index (χ1v) is 6.98. The average molecular weight is 287 g/mol. The lowest BCUT2D eigenvalue weighted by Crippen LogP contribution is -2.51. The summed E-state index contributed by atoms with van der Waals surface area (Å²) in [7, 11) is 0. The van der Waals surface area contributed by atoms with Crippen LogP contribution < -0.4 is 11.1 Å². The Balaban J connectivity index is 4.80. The highest BCUT2D eigenvalue weighted by Gasteiger charge is 2.27. The maximum atomic E-state index is 12.3. The van der Waals surface area contributed by atoms with Gasteiger partial charge in [-0.3, -0.25) is 9.59 Å². The first-order chi connectivity index (χ1) is 9.42. The molecule has 4 N–H and O–H groups in total. The van der Waals surface area contributed by atoms with Crippen molar-refractivity contribution in [3.63, 3.8) is 0 Å². The number of nitrogens with one attached hydrogen (secondary N) is 1. The Morgan fingerprint density at radius 1 is 1.15 bits per heavy atom. The summed E-state index contributed by atoms with van der Waals surface area (Å²) in [6.07, 6.45) is 3.08. The molecule has 0 aromatic rings. The van der Waals surface area contributed by atoms with Crippen molar-refractivity contribution in [3.05, 3.63) is 0 Å². The number of carboxylic acids is 1. The molecule has 0 spiro atoms. The summed E-state index contributed by atoms with van der Waals surface area (Å²) in [6, 6.07) is -1.99. The minimum atomic E-state index is -1.15. The second-order valence-corrected chi connectivity index (χ2v) is 4.69. The second-order valence-electron chi connectivity index (χ2n) is 4.69. The summed E-state index contributed by atoms with van der Waals surface area (Å²) in [6.45, 7) is 5.15. The van der Waals surface area contributed by atoms with Crippen LogP contribution in [0.2, 0.25) is 0 Å². The second kappa shape index (κ2) is 10.1. The molecule has 116 valence electrons. The highest BCUT2D eigenvalue weighted by molar-refractivity contribution is 5.89. The Kier molecular flexibility index (Phi) is 9.15. The van der Waals surface area contributed by atoms with Crippen molar-refractivity contribution in [2.45, 2.75) is 52.0 Å². The number of hydrogen-bond acceptors (Lipinski definition) is 3. The molecule has 1 atom stereocenters. The average Bonchev–Trinajstić information content (AvgIpc) is 2.36. The van der Waals surface area contributed by atoms with Gasteiger partial charge in [-0.1, -0.05) is 26.7 Å². The van der Waals surface area contributed by atoms with Gasteiger partial charge in [0.2, 0.25) is 5.91 Å². The van der Waals surface area contributed by atoms with E-state index in [0.29, 0.717) is 13.1 Å². The van der Waals surface area contributed by atoms with Crippen molar-refractivity contribution < 1.29 is 19.5 Å². The van der Waals surface area contributed by atoms with Crippen LogP contribution >= 0.6 is 0 Å². The van der Waals surface area contributed by atoms with Crippen LogP contribution in [0.1, 0.15) is 46.0 Å². The minimum Gasteiger partial charge on any atom is -0.481 e. The zero-order valence-electron chi connectivity index (χ0n) is 12.2. The van der Waals surface area contributed by atoms with Gasteiger partial charge in [-0.15, -0.1) is 0 Å². The zero-order chi connectivity index (χ0) is 15.5. The maximum absolute atomic E-state index is 12.3. The van der Waals surface area contributed by atoms with E-state index < -0.39 is 24.5 Å². The maximum Gasteiger partial charge on any atom is 0.312 e. The highest BCUT2D eigenvalue weighted by Crippen LogP contribution is 2.05. The Morgan fingerprint density at radius 3 is 2.00 bits per heavy atom. The van der Waals surface area contributed by atoms with E-state index in [9.17, 15) is 14.4 Å². The number of urea groups is 1. The molecule has 0 aromatic heterocycles.